The molecule has 0 amide bonds. The average Bonchev–Trinajstić information content (AvgIpc) is 2.86. The Morgan fingerprint density at radius 2 is 2.33 bits per heavy atom. The van der Waals surface area contributed by atoms with Gasteiger partial charge < -0.3 is 15.0 Å². The van der Waals surface area contributed by atoms with Crippen molar-refractivity contribution < 1.29 is 9.53 Å². The van der Waals surface area contributed by atoms with Crippen LogP contribution in [0.4, 0.5) is 5.82 Å². The van der Waals surface area contributed by atoms with E-state index in [1.54, 1.807) is 6.20 Å². The Kier molecular flexibility index (Phi) is 5.17. The molecule has 5 heteroatoms. The number of rotatable bonds is 5. The number of nitrogens with zero attached hydrogens (tertiary/aromatic N) is 2. The Labute approximate surface area is 126 Å². The van der Waals surface area contributed by atoms with Gasteiger partial charge in [0.2, 0.25) is 0 Å². The van der Waals surface area contributed by atoms with Gasteiger partial charge in [0.15, 0.2) is 0 Å². The summed E-state index contributed by atoms with van der Waals surface area (Å²) in [5.41, 5.74) is 1.51. The second-order valence-corrected chi connectivity index (χ2v) is 5.77. The fourth-order valence-corrected chi connectivity index (χ4v) is 2.72. The van der Waals surface area contributed by atoms with Gasteiger partial charge in [-0.15, -0.1) is 0 Å². The molecule has 1 aromatic heterocycles. The zero-order chi connectivity index (χ0) is 15.4. The number of esters is 1. The Morgan fingerprint density at radius 3 is 3.00 bits per heavy atom. The van der Waals surface area contributed by atoms with Gasteiger partial charge in [0.1, 0.15) is 11.4 Å². The van der Waals surface area contributed by atoms with Gasteiger partial charge in [-0.1, -0.05) is 6.92 Å². The van der Waals surface area contributed by atoms with Gasteiger partial charge in [0.25, 0.3) is 0 Å². The van der Waals surface area contributed by atoms with Gasteiger partial charge in [-0.05, 0) is 45.4 Å². The molecule has 1 N–H and O–H groups in total. The first-order valence-electron chi connectivity index (χ1n) is 7.67. The van der Waals surface area contributed by atoms with E-state index >= 15 is 0 Å². The fraction of sp³-hybridized carbons (Fsp3) is 0.625. The number of aromatic nitrogens is 1. The Bertz CT molecular complexity index is 502. The van der Waals surface area contributed by atoms with Crippen LogP contribution in [-0.4, -0.2) is 42.7 Å². The second kappa shape index (κ2) is 6.89. The van der Waals surface area contributed by atoms with E-state index in [1.807, 2.05) is 26.8 Å². The minimum atomic E-state index is -0.280. The lowest BCUT2D eigenvalue weighted by molar-refractivity contribution is 0.0377. The molecular weight excluding hydrogens is 266 g/mol. The summed E-state index contributed by atoms with van der Waals surface area (Å²) in [6.45, 7) is 10.5. The third-order valence-electron chi connectivity index (χ3n) is 3.67. The maximum atomic E-state index is 12.4. The van der Waals surface area contributed by atoms with Crippen LogP contribution in [0.25, 0.3) is 0 Å². The third-order valence-corrected chi connectivity index (χ3v) is 3.67. The number of anilines is 1. The lowest BCUT2D eigenvalue weighted by Gasteiger charge is -2.22. The first kappa shape index (κ1) is 15.8. The predicted octanol–water partition coefficient (Wildman–Crippen LogP) is 2.14. The van der Waals surface area contributed by atoms with Gasteiger partial charge in [-0.2, -0.15) is 0 Å². The number of aryl methyl sites for hydroxylation is 1. The molecule has 1 aliphatic rings. The van der Waals surface area contributed by atoms with E-state index < -0.39 is 0 Å². The van der Waals surface area contributed by atoms with Crippen molar-refractivity contribution in [3.05, 3.63) is 23.4 Å². The van der Waals surface area contributed by atoms with Crippen molar-refractivity contribution in [1.82, 2.24) is 10.3 Å². The highest BCUT2D eigenvalue weighted by molar-refractivity contribution is 5.96. The van der Waals surface area contributed by atoms with E-state index in [-0.39, 0.29) is 12.1 Å². The van der Waals surface area contributed by atoms with Crippen molar-refractivity contribution in [3.8, 4) is 0 Å². The van der Waals surface area contributed by atoms with Crippen LogP contribution in [0.2, 0.25) is 0 Å². The van der Waals surface area contributed by atoms with Crippen LogP contribution in [-0.2, 0) is 4.74 Å². The third kappa shape index (κ3) is 3.73. The number of nitrogens with one attached hydrogen (secondary N) is 1. The maximum Gasteiger partial charge on any atom is 0.342 e. The molecule has 1 aliphatic heterocycles. The minimum absolute atomic E-state index is 0.127. The molecule has 116 valence electrons. The number of pyridine rings is 1. The zero-order valence-electron chi connectivity index (χ0n) is 13.3. The number of hydrogen-bond acceptors (Lipinski definition) is 5. The van der Waals surface area contributed by atoms with Crippen molar-refractivity contribution in [3.63, 3.8) is 0 Å². The molecule has 0 bridgehead atoms. The molecule has 1 aromatic rings. The van der Waals surface area contributed by atoms with Crippen molar-refractivity contribution in [2.75, 3.05) is 24.5 Å². The number of carbonyl (C=O) groups excluding carboxylic acids is 1. The summed E-state index contributed by atoms with van der Waals surface area (Å²) < 4.78 is 5.37. The largest absolute Gasteiger partial charge is 0.459 e. The molecule has 1 atom stereocenters. The van der Waals surface area contributed by atoms with Crippen LogP contribution in [0.3, 0.4) is 0 Å². The first-order chi connectivity index (χ1) is 10.0. The molecule has 5 nitrogen and oxygen atoms in total. The van der Waals surface area contributed by atoms with Crippen molar-refractivity contribution in [2.45, 2.75) is 46.3 Å². The smallest absolute Gasteiger partial charge is 0.342 e. The van der Waals surface area contributed by atoms with Crippen molar-refractivity contribution in [2.24, 2.45) is 0 Å². The standard InChI is InChI=1S/C16H25N3O2/c1-5-17-13-7-9-19(10-13)15-14(12(4)6-8-18-15)16(20)21-11(2)3/h6,8,11,13,17H,5,7,9-10H2,1-4H3/t13-/m1/s1. The summed E-state index contributed by atoms with van der Waals surface area (Å²) in [5, 5.41) is 3.45. The molecule has 1 saturated heterocycles. The monoisotopic (exact) mass is 291 g/mol. The van der Waals surface area contributed by atoms with Crippen LogP contribution in [0.5, 0.6) is 0 Å². The van der Waals surface area contributed by atoms with Crippen LogP contribution in [0.1, 0.15) is 43.1 Å². The summed E-state index contributed by atoms with van der Waals surface area (Å²) in [5.74, 6) is 0.471. The molecule has 2 heterocycles. The summed E-state index contributed by atoms with van der Waals surface area (Å²) >= 11 is 0. The Morgan fingerprint density at radius 1 is 1.57 bits per heavy atom. The molecule has 0 saturated carbocycles. The van der Waals surface area contributed by atoms with Gasteiger partial charge in [-0.25, -0.2) is 9.78 Å². The second-order valence-electron chi connectivity index (χ2n) is 5.77. The van der Waals surface area contributed by atoms with E-state index in [4.69, 9.17) is 4.74 Å². The van der Waals surface area contributed by atoms with Gasteiger partial charge in [-0.3, -0.25) is 0 Å². The highest BCUT2D eigenvalue weighted by Gasteiger charge is 2.28. The Hall–Kier alpha value is -1.62. The highest BCUT2D eigenvalue weighted by atomic mass is 16.5. The quantitative estimate of drug-likeness (QED) is 0.842. The van der Waals surface area contributed by atoms with E-state index in [1.165, 1.54) is 0 Å². The molecule has 1 fully saturated rings. The van der Waals surface area contributed by atoms with Crippen LogP contribution >= 0.6 is 0 Å². The molecular formula is C16H25N3O2. The van der Waals surface area contributed by atoms with Gasteiger partial charge in [0.05, 0.1) is 6.10 Å². The lowest BCUT2D eigenvalue weighted by atomic mass is 10.1. The van der Waals surface area contributed by atoms with Crippen LogP contribution in [0.15, 0.2) is 12.3 Å². The van der Waals surface area contributed by atoms with E-state index in [9.17, 15) is 4.79 Å². The topological polar surface area (TPSA) is 54.5 Å². The predicted molar refractivity (Wildman–Crippen MR) is 83.8 cm³/mol. The molecule has 0 spiro atoms. The fourth-order valence-electron chi connectivity index (χ4n) is 2.72. The molecule has 0 aromatic carbocycles. The molecule has 21 heavy (non-hydrogen) atoms. The van der Waals surface area contributed by atoms with Crippen molar-refractivity contribution >= 4 is 11.8 Å². The zero-order valence-corrected chi connectivity index (χ0v) is 13.3. The van der Waals surface area contributed by atoms with E-state index in [2.05, 4.69) is 22.1 Å². The lowest BCUT2D eigenvalue weighted by Crippen LogP contribution is -2.33. The Balaban J connectivity index is 2.24. The number of ether oxygens (including phenoxy) is 1. The first-order valence-corrected chi connectivity index (χ1v) is 7.67. The SMILES string of the molecule is CCN[C@@H]1CCN(c2nccc(C)c2C(=O)OC(C)C)C1. The highest BCUT2D eigenvalue weighted by Crippen LogP contribution is 2.25. The summed E-state index contributed by atoms with van der Waals surface area (Å²) in [6.07, 6.45) is 2.71. The van der Waals surface area contributed by atoms with Crippen LogP contribution < -0.4 is 10.2 Å². The molecule has 2 rings (SSSR count). The van der Waals surface area contributed by atoms with E-state index in [0.717, 1.165) is 37.4 Å². The molecule has 0 aliphatic carbocycles. The van der Waals surface area contributed by atoms with Crippen molar-refractivity contribution in [1.29, 1.82) is 0 Å². The number of hydrogen-bond donors (Lipinski definition) is 1. The average molecular weight is 291 g/mol. The molecule has 0 unspecified atom stereocenters. The van der Waals surface area contributed by atoms with Crippen LogP contribution in [0, 0.1) is 6.92 Å². The van der Waals surface area contributed by atoms with Gasteiger partial charge >= 0.3 is 5.97 Å². The van der Waals surface area contributed by atoms with E-state index in [0.29, 0.717) is 11.6 Å². The summed E-state index contributed by atoms with van der Waals surface area (Å²) in [4.78, 5) is 19.0. The summed E-state index contributed by atoms with van der Waals surface area (Å²) in [7, 11) is 0. The minimum Gasteiger partial charge on any atom is -0.459 e. The number of likely N-dealkylation sites (N-methyl/N-ethyl adjacent to an activating group) is 1. The normalized spacial score (nSPS) is 18.3. The number of carbonyl (C=O) groups is 1. The van der Waals surface area contributed by atoms with Gasteiger partial charge in [0, 0.05) is 25.3 Å². The maximum absolute atomic E-state index is 12.4. The summed E-state index contributed by atoms with van der Waals surface area (Å²) in [6, 6.07) is 2.32. The molecule has 0 radical (unpaired) electrons.